The van der Waals surface area contributed by atoms with Crippen LogP contribution in [0.4, 0.5) is 5.13 Å². The Morgan fingerprint density at radius 3 is 2.74 bits per heavy atom. The van der Waals surface area contributed by atoms with E-state index in [1.165, 1.54) is 11.3 Å². The van der Waals surface area contributed by atoms with Crippen LogP contribution in [0.5, 0.6) is 5.75 Å². The second kappa shape index (κ2) is 6.56. The number of carbonyl (C=O) groups is 1. The largest absolute Gasteiger partial charge is 0.481 e. The first kappa shape index (κ1) is 15.8. The summed E-state index contributed by atoms with van der Waals surface area (Å²) in [6.07, 6.45) is -0.617. The highest BCUT2D eigenvalue weighted by atomic mass is 35.5. The van der Waals surface area contributed by atoms with E-state index in [1.807, 2.05) is 43.3 Å². The van der Waals surface area contributed by atoms with E-state index in [-0.39, 0.29) is 5.91 Å². The molecule has 1 heterocycles. The molecule has 0 aliphatic carbocycles. The van der Waals surface area contributed by atoms with Crippen LogP contribution in [-0.2, 0) is 4.79 Å². The van der Waals surface area contributed by atoms with Crippen LogP contribution in [0.3, 0.4) is 0 Å². The van der Waals surface area contributed by atoms with Crippen LogP contribution in [0, 0.1) is 6.92 Å². The predicted octanol–water partition coefficient (Wildman–Crippen LogP) is 4.66. The Labute approximate surface area is 143 Å². The lowest BCUT2D eigenvalue weighted by atomic mass is 10.2. The molecule has 0 saturated carbocycles. The van der Waals surface area contributed by atoms with Gasteiger partial charge in [-0.2, -0.15) is 0 Å². The van der Waals surface area contributed by atoms with Crippen molar-refractivity contribution in [2.24, 2.45) is 0 Å². The van der Waals surface area contributed by atoms with E-state index < -0.39 is 6.10 Å². The lowest BCUT2D eigenvalue weighted by molar-refractivity contribution is -0.122. The number of hydrogen-bond acceptors (Lipinski definition) is 4. The number of anilines is 1. The molecular formula is C17H15ClN2O2S. The molecule has 0 spiro atoms. The summed E-state index contributed by atoms with van der Waals surface area (Å²) >= 11 is 7.34. The Hall–Kier alpha value is -2.11. The van der Waals surface area contributed by atoms with E-state index in [9.17, 15) is 4.79 Å². The normalized spacial score (nSPS) is 12.1. The minimum absolute atomic E-state index is 0.240. The Balaban J connectivity index is 1.68. The van der Waals surface area contributed by atoms with Gasteiger partial charge in [0, 0.05) is 5.02 Å². The van der Waals surface area contributed by atoms with Crippen molar-refractivity contribution in [2.75, 3.05) is 5.32 Å². The third-order valence-electron chi connectivity index (χ3n) is 3.28. The summed E-state index contributed by atoms with van der Waals surface area (Å²) in [6, 6.07) is 13.0. The van der Waals surface area contributed by atoms with Gasteiger partial charge < -0.3 is 4.74 Å². The summed E-state index contributed by atoms with van der Waals surface area (Å²) in [6.45, 7) is 3.71. The maximum absolute atomic E-state index is 12.2. The smallest absolute Gasteiger partial charge is 0.266 e. The first-order valence-corrected chi connectivity index (χ1v) is 8.31. The Morgan fingerprint density at radius 2 is 2.00 bits per heavy atom. The number of benzene rings is 2. The minimum Gasteiger partial charge on any atom is -0.481 e. The van der Waals surface area contributed by atoms with E-state index in [0.29, 0.717) is 15.9 Å². The van der Waals surface area contributed by atoms with Crippen molar-refractivity contribution in [2.45, 2.75) is 20.0 Å². The van der Waals surface area contributed by atoms with Crippen molar-refractivity contribution in [3.8, 4) is 5.75 Å². The Kier molecular flexibility index (Phi) is 4.50. The molecule has 2 aromatic carbocycles. The van der Waals surface area contributed by atoms with Crippen LogP contribution in [0.2, 0.25) is 5.02 Å². The van der Waals surface area contributed by atoms with Crippen LogP contribution >= 0.6 is 22.9 Å². The van der Waals surface area contributed by atoms with E-state index in [2.05, 4.69) is 10.3 Å². The Morgan fingerprint density at radius 1 is 1.26 bits per heavy atom. The molecular weight excluding hydrogens is 332 g/mol. The fraction of sp³-hybridized carbons (Fsp3) is 0.176. The number of aryl methyl sites for hydroxylation is 1. The molecule has 3 aromatic rings. The van der Waals surface area contributed by atoms with Crippen LogP contribution in [0.1, 0.15) is 12.5 Å². The van der Waals surface area contributed by atoms with E-state index in [1.54, 1.807) is 13.0 Å². The monoisotopic (exact) mass is 346 g/mol. The fourth-order valence-corrected chi connectivity index (χ4v) is 3.18. The first-order valence-electron chi connectivity index (χ1n) is 7.11. The summed E-state index contributed by atoms with van der Waals surface area (Å²) in [5.41, 5.74) is 1.95. The zero-order chi connectivity index (χ0) is 16.4. The highest BCUT2D eigenvalue weighted by molar-refractivity contribution is 7.22. The third kappa shape index (κ3) is 3.81. The molecule has 0 unspecified atom stereocenters. The van der Waals surface area contributed by atoms with Crippen molar-refractivity contribution in [1.29, 1.82) is 0 Å². The highest BCUT2D eigenvalue weighted by Gasteiger charge is 2.16. The molecule has 6 heteroatoms. The average Bonchev–Trinajstić information content (AvgIpc) is 2.90. The number of ether oxygens (including phenoxy) is 1. The van der Waals surface area contributed by atoms with E-state index >= 15 is 0 Å². The van der Waals surface area contributed by atoms with Gasteiger partial charge in [-0.25, -0.2) is 4.98 Å². The number of amides is 1. The third-order valence-corrected chi connectivity index (χ3v) is 4.45. The van der Waals surface area contributed by atoms with Gasteiger partial charge in [-0.15, -0.1) is 0 Å². The van der Waals surface area contributed by atoms with Gasteiger partial charge in [0.1, 0.15) is 5.75 Å². The van der Waals surface area contributed by atoms with Crippen LogP contribution in [0.25, 0.3) is 10.2 Å². The molecule has 1 N–H and O–H groups in total. The number of thiazole rings is 1. The predicted molar refractivity (Wildman–Crippen MR) is 94.5 cm³/mol. The van der Waals surface area contributed by atoms with Crippen molar-refractivity contribution in [3.05, 3.63) is 53.1 Å². The van der Waals surface area contributed by atoms with Crippen LogP contribution in [0.15, 0.2) is 42.5 Å². The number of nitrogens with zero attached hydrogens (tertiary/aromatic N) is 1. The standard InChI is InChI=1S/C17H15ClN2O2S/c1-10-3-6-13(7-4-10)22-11(2)16(21)20-17-19-14-8-5-12(18)9-15(14)23-17/h3-9,11H,1-2H3,(H,19,20,21)/t11-/m0/s1. The molecule has 1 aromatic heterocycles. The van der Waals surface area contributed by atoms with Crippen LogP contribution < -0.4 is 10.1 Å². The van der Waals surface area contributed by atoms with Gasteiger partial charge in [0.05, 0.1) is 10.2 Å². The summed E-state index contributed by atoms with van der Waals surface area (Å²) in [5, 5.41) is 3.96. The molecule has 1 atom stereocenters. The van der Waals surface area contributed by atoms with Gasteiger partial charge in [0.15, 0.2) is 11.2 Å². The van der Waals surface area contributed by atoms with Crippen molar-refractivity contribution >= 4 is 44.2 Å². The van der Waals surface area contributed by atoms with Gasteiger partial charge in [-0.1, -0.05) is 40.6 Å². The molecule has 4 nitrogen and oxygen atoms in total. The fourth-order valence-electron chi connectivity index (χ4n) is 2.03. The van der Waals surface area contributed by atoms with Gasteiger partial charge in [0.2, 0.25) is 0 Å². The van der Waals surface area contributed by atoms with Gasteiger partial charge in [0.25, 0.3) is 5.91 Å². The molecule has 0 radical (unpaired) electrons. The number of hydrogen-bond donors (Lipinski definition) is 1. The summed E-state index contributed by atoms with van der Waals surface area (Å²) in [7, 11) is 0. The van der Waals surface area contributed by atoms with Crippen LogP contribution in [-0.4, -0.2) is 17.0 Å². The lowest BCUT2D eigenvalue weighted by Gasteiger charge is -2.13. The number of rotatable bonds is 4. The molecule has 0 fully saturated rings. The zero-order valence-corrected chi connectivity index (χ0v) is 14.2. The van der Waals surface area contributed by atoms with Gasteiger partial charge in [-0.3, -0.25) is 10.1 Å². The first-order chi connectivity index (χ1) is 11.0. The topological polar surface area (TPSA) is 51.2 Å². The average molecular weight is 347 g/mol. The molecule has 3 rings (SSSR count). The number of halogens is 1. The molecule has 0 saturated heterocycles. The number of aromatic nitrogens is 1. The molecule has 0 bridgehead atoms. The molecule has 1 amide bonds. The van der Waals surface area contributed by atoms with E-state index in [0.717, 1.165) is 15.8 Å². The zero-order valence-electron chi connectivity index (χ0n) is 12.7. The molecule has 23 heavy (non-hydrogen) atoms. The van der Waals surface area contributed by atoms with Crippen molar-refractivity contribution in [3.63, 3.8) is 0 Å². The van der Waals surface area contributed by atoms with E-state index in [4.69, 9.17) is 16.3 Å². The number of fused-ring (bicyclic) bond motifs is 1. The molecule has 118 valence electrons. The second-order valence-corrected chi connectivity index (χ2v) is 6.66. The molecule has 0 aliphatic rings. The molecule has 0 aliphatic heterocycles. The summed E-state index contributed by atoms with van der Waals surface area (Å²) in [4.78, 5) is 16.6. The Bertz CT molecular complexity index is 845. The van der Waals surface area contributed by atoms with Gasteiger partial charge >= 0.3 is 0 Å². The lowest BCUT2D eigenvalue weighted by Crippen LogP contribution is -2.30. The second-order valence-electron chi connectivity index (χ2n) is 5.19. The van der Waals surface area contributed by atoms with Crippen molar-refractivity contribution < 1.29 is 9.53 Å². The maximum atomic E-state index is 12.2. The summed E-state index contributed by atoms with van der Waals surface area (Å²) in [5.74, 6) is 0.421. The maximum Gasteiger partial charge on any atom is 0.266 e. The van der Waals surface area contributed by atoms with Crippen molar-refractivity contribution in [1.82, 2.24) is 4.98 Å². The number of nitrogens with one attached hydrogen (secondary N) is 1. The SMILES string of the molecule is Cc1ccc(O[C@@H](C)C(=O)Nc2nc3ccc(Cl)cc3s2)cc1. The quantitative estimate of drug-likeness (QED) is 0.747. The number of carbonyl (C=O) groups excluding carboxylic acids is 1. The highest BCUT2D eigenvalue weighted by Crippen LogP contribution is 2.28. The van der Waals surface area contributed by atoms with Gasteiger partial charge in [-0.05, 0) is 44.2 Å². The minimum atomic E-state index is -0.617. The summed E-state index contributed by atoms with van der Waals surface area (Å²) < 4.78 is 6.57.